The number of nitrogens with one attached hydrogen (secondary N) is 1. The predicted octanol–water partition coefficient (Wildman–Crippen LogP) is 6.37. The van der Waals surface area contributed by atoms with Gasteiger partial charge in [-0.25, -0.2) is 18.1 Å². The summed E-state index contributed by atoms with van der Waals surface area (Å²) in [6, 6.07) is 21.8. The number of amides is 1. The minimum absolute atomic E-state index is 0.0341. The fraction of sp³-hybridized carbons (Fsp3) is 0.343. The number of benzene rings is 3. The molecule has 1 aromatic heterocycles. The van der Waals surface area contributed by atoms with E-state index in [0.29, 0.717) is 17.7 Å². The molecule has 2 aliphatic rings. The number of ether oxygens (including phenoxy) is 1. The van der Waals surface area contributed by atoms with Crippen molar-refractivity contribution in [2.24, 2.45) is 5.41 Å². The first-order valence-corrected chi connectivity index (χ1v) is 16.5. The zero-order valence-corrected chi connectivity index (χ0v) is 26.6. The fourth-order valence-electron chi connectivity index (χ4n) is 6.50. The van der Waals surface area contributed by atoms with Gasteiger partial charge in [0.1, 0.15) is 6.61 Å². The Kier molecular flexibility index (Phi) is 7.70. The maximum absolute atomic E-state index is 14.5. The molecule has 1 aliphatic heterocycles. The molecular weight excluding hydrogens is 572 g/mol. The van der Waals surface area contributed by atoms with Crippen LogP contribution in [0.5, 0.6) is 5.88 Å². The molecule has 228 valence electrons. The molecule has 4 aromatic rings. The van der Waals surface area contributed by atoms with Crippen molar-refractivity contribution >= 4 is 21.9 Å². The van der Waals surface area contributed by atoms with Crippen molar-refractivity contribution in [1.82, 2.24) is 14.9 Å². The van der Waals surface area contributed by atoms with Crippen LogP contribution in [0.4, 0.5) is 5.95 Å². The van der Waals surface area contributed by atoms with Crippen LogP contribution < -0.4 is 9.46 Å². The van der Waals surface area contributed by atoms with Crippen molar-refractivity contribution in [3.05, 3.63) is 101 Å². The maximum Gasteiger partial charge on any atom is 0.264 e. The molecule has 0 saturated carbocycles. The van der Waals surface area contributed by atoms with E-state index in [2.05, 4.69) is 47.6 Å². The average molecular weight is 611 g/mol. The van der Waals surface area contributed by atoms with Gasteiger partial charge in [0.15, 0.2) is 0 Å². The van der Waals surface area contributed by atoms with Crippen molar-refractivity contribution in [1.29, 1.82) is 0 Å². The lowest BCUT2D eigenvalue weighted by molar-refractivity contribution is 0.0406. The van der Waals surface area contributed by atoms with Gasteiger partial charge in [0.05, 0.1) is 16.6 Å². The van der Waals surface area contributed by atoms with E-state index in [-0.39, 0.29) is 46.7 Å². The number of carbonyl (C=O) groups excluding carboxylic acids is 1. The second-order valence-electron chi connectivity index (χ2n) is 13.1. The zero-order valence-electron chi connectivity index (χ0n) is 25.8. The van der Waals surface area contributed by atoms with Crippen molar-refractivity contribution in [3.8, 4) is 17.1 Å². The Hall–Kier alpha value is -4.24. The highest BCUT2D eigenvalue weighted by Gasteiger charge is 2.38. The number of aromatic nitrogens is 2. The van der Waals surface area contributed by atoms with Gasteiger partial charge in [0, 0.05) is 23.2 Å². The number of hydrogen-bond donors (Lipinski definition) is 1. The van der Waals surface area contributed by atoms with Crippen LogP contribution in [0.1, 0.15) is 59.8 Å². The van der Waals surface area contributed by atoms with Gasteiger partial charge in [-0.3, -0.25) is 4.79 Å². The topological polar surface area (TPSA) is 101 Å². The molecule has 0 saturated heterocycles. The lowest BCUT2D eigenvalue weighted by Crippen LogP contribution is -2.51. The number of sulfonamides is 1. The van der Waals surface area contributed by atoms with Gasteiger partial charge >= 0.3 is 0 Å². The minimum Gasteiger partial charge on any atom is -0.475 e. The van der Waals surface area contributed by atoms with Crippen LogP contribution >= 0.6 is 0 Å². The van der Waals surface area contributed by atoms with Gasteiger partial charge in [-0.05, 0) is 79.0 Å². The summed E-state index contributed by atoms with van der Waals surface area (Å²) in [6.07, 6.45) is 2.11. The molecule has 0 spiro atoms. The van der Waals surface area contributed by atoms with Crippen molar-refractivity contribution in [3.63, 3.8) is 0 Å². The molecule has 44 heavy (non-hydrogen) atoms. The average Bonchev–Trinajstić information content (AvgIpc) is 3.38. The van der Waals surface area contributed by atoms with Gasteiger partial charge in [-0.2, -0.15) is 4.98 Å². The second kappa shape index (κ2) is 11.4. The molecule has 0 unspecified atom stereocenters. The first-order chi connectivity index (χ1) is 20.9. The number of carbonyl (C=O) groups is 1. The molecule has 0 fully saturated rings. The molecule has 1 amide bonds. The molecule has 1 N–H and O–H groups in total. The molecule has 1 aliphatic carbocycles. The van der Waals surface area contributed by atoms with E-state index in [4.69, 9.17) is 4.74 Å². The summed E-state index contributed by atoms with van der Waals surface area (Å²) in [4.78, 5) is 25.5. The summed E-state index contributed by atoms with van der Waals surface area (Å²) in [5, 5.41) is 0. The molecular formula is C35H38N4O4S. The molecule has 0 radical (unpaired) electrons. The fourth-order valence-corrected chi connectivity index (χ4v) is 7.49. The van der Waals surface area contributed by atoms with E-state index >= 15 is 0 Å². The lowest BCUT2D eigenvalue weighted by Gasteiger charge is -2.39. The molecule has 8 nitrogen and oxygen atoms in total. The van der Waals surface area contributed by atoms with Crippen molar-refractivity contribution < 1.29 is 17.9 Å². The Morgan fingerprint density at radius 1 is 0.909 bits per heavy atom. The molecule has 6 rings (SSSR count). The van der Waals surface area contributed by atoms with E-state index in [1.54, 1.807) is 18.2 Å². The van der Waals surface area contributed by atoms with Gasteiger partial charge in [0.2, 0.25) is 11.8 Å². The largest absolute Gasteiger partial charge is 0.475 e. The normalized spacial score (nSPS) is 18.3. The van der Waals surface area contributed by atoms with Crippen LogP contribution in [-0.2, 0) is 22.9 Å². The number of rotatable bonds is 3. The van der Waals surface area contributed by atoms with Crippen molar-refractivity contribution in [2.45, 2.75) is 70.9 Å². The first-order valence-electron chi connectivity index (χ1n) is 15.0. The smallest absolute Gasteiger partial charge is 0.264 e. The third-order valence-corrected chi connectivity index (χ3v) is 9.71. The van der Waals surface area contributed by atoms with Crippen LogP contribution in [0.15, 0.2) is 77.7 Å². The summed E-state index contributed by atoms with van der Waals surface area (Å²) in [6.45, 7) is 10.6. The quantitative estimate of drug-likeness (QED) is 0.289. The lowest BCUT2D eigenvalue weighted by atomic mass is 9.86. The van der Waals surface area contributed by atoms with Gasteiger partial charge in [-0.15, -0.1) is 0 Å². The molecule has 3 aromatic carbocycles. The van der Waals surface area contributed by atoms with E-state index in [9.17, 15) is 13.2 Å². The molecule has 4 bridgehead atoms. The van der Waals surface area contributed by atoms with Gasteiger partial charge < -0.3 is 9.64 Å². The van der Waals surface area contributed by atoms with E-state index in [0.717, 1.165) is 29.5 Å². The SMILES string of the molecule is Cc1cccc(C)c1-c1cc2nc(n1)NS(=O)(=O)c1cccc(c1)C(=O)N(C1Cc3ccccc3C1)[C@H](CC(C)(C)C)CO2. The maximum atomic E-state index is 14.5. The Morgan fingerprint density at radius 2 is 1.57 bits per heavy atom. The minimum atomic E-state index is -4.13. The first kappa shape index (κ1) is 29.8. The molecule has 1 atom stereocenters. The Balaban J connectivity index is 1.51. The number of hydrogen-bond acceptors (Lipinski definition) is 6. The number of nitrogens with zero attached hydrogens (tertiary/aromatic N) is 3. The number of aryl methyl sites for hydroxylation is 2. The number of fused-ring (bicyclic) bond motifs is 5. The second-order valence-corrected chi connectivity index (χ2v) is 14.8. The highest BCUT2D eigenvalue weighted by Crippen LogP contribution is 2.34. The molecule has 9 heteroatoms. The van der Waals surface area contributed by atoms with Crippen LogP contribution in [0.3, 0.4) is 0 Å². The van der Waals surface area contributed by atoms with E-state index < -0.39 is 10.0 Å². The third kappa shape index (κ3) is 6.06. The summed E-state index contributed by atoms with van der Waals surface area (Å²) < 4.78 is 36.3. The van der Waals surface area contributed by atoms with Gasteiger partial charge in [-0.1, -0.05) is 69.3 Å². The van der Waals surface area contributed by atoms with Crippen LogP contribution in [0.25, 0.3) is 11.3 Å². The summed E-state index contributed by atoms with van der Waals surface area (Å²) in [5.74, 6) is -0.0695. The highest BCUT2D eigenvalue weighted by molar-refractivity contribution is 7.92. The Labute approximate surface area is 259 Å². The van der Waals surface area contributed by atoms with Crippen molar-refractivity contribution in [2.75, 3.05) is 11.3 Å². The van der Waals surface area contributed by atoms with Crippen LogP contribution in [0.2, 0.25) is 0 Å². The zero-order chi connectivity index (χ0) is 31.2. The Bertz CT molecular complexity index is 1800. The monoisotopic (exact) mass is 610 g/mol. The Morgan fingerprint density at radius 3 is 2.23 bits per heavy atom. The summed E-state index contributed by atoms with van der Waals surface area (Å²) in [5.41, 5.74) is 6.07. The van der Waals surface area contributed by atoms with E-state index in [1.807, 2.05) is 49.1 Å². The highest BCUT2D eigenvalue weighted by atomic mass is 32.2. The predicted molar refractivity (Wildman–Crippen MR) is 171 cm³/mol. The van der Waals surface area contributed by atoms with Gasteiger partial charge in [0.25, 0.3) is 15.9 Å². The number of anilines is 1. The van der Waals surface area contributed by atoms with Crippen LogP contribution in [-0.4, -0.2) is 47.9 Å². The standard InChI is InChI=1S/C35H38N4O4S/c1-22-10-8-11-23(2)32(22)30-19-31-37-34(36-30)38-44(41,42)29-15-9-14-26(18-29)33(40)39(28(21-43-31)20-35(3,4)5)27-16-24-12-6-7-13-25(24)17-27/h6-15,18-19,27-28H,16-17,20-21H2,1-5H3,(H,36,37,38)/t28-/m1/s1. The summed E-state index contributed by atoms with van der Waals surface area (Å²) in [7, 11) is -4.13. The van der Waals surface area contributed by atoms with Crippen LogP contribution in [0, 0.1) is 19.3 Å². The summed E-state index contributed by atoms with van der Waals surface area (Å²) >= 11 is 0. The molecule has 2 heterocycles. The van der Waals surface area contributed by atoms with E-state index in [1.165, 1.54) is 23.3 Å². The third-order valence-electron chi connectivity index (χ3n) is 8.38.